The highest BCUT2D eigenvalue weighted by Gasteiger charge is 2.16. The van der Waals surface area contributed by atoms with Gasteiger partial charge in [0, 0.05) is 6.54 Å². The molecule has 0 aliphatic carbocycles. The van der Waals surface area contributed by atoms with Crippen LogP contribution in [0.25, 0.3) is 5.69 Å². The zero-order valence-electron chi connectivity index (χ0n) is 14.7. The number of rotatable bonds is 6. The average molecular weight is 344 g/mol. The topological polar surface area (TPSA) is 50.2 Å². The van der Waals surface area contributed by atoms with Crippen LogP contribution in [0, 0.1) is 12.7 Å². The molecule has 0 spiro atoms. The van der Waals surface area contributed by atoms with E-state index in [1.54, 1.807) is 25.1 Å². The molecule has 1 aliphatic heterocycles. The third-order valence-corrected chi connectivity index (χ3v) is 4.72. The lowest BCUT2D eigenvalue weighted by Gasteiger charge is -2.26. The molecule has 5 nitrogen and oxygen atoms in total. The molecule has 6 heteroatoms. The van der Waals surface area contributed by atoms with Crippen LogP contribution in [0.3, 0.4) is 0 Å². The minimum Gasteiger partial charge on any atom is -0.352 e. The molecule has 2 aromatic rings. The fourth-order valence-electron chi connectivity index (χ4n) is 3.28. The highest BCUT2D eigenvalue weighted by atomic mass is 19.1. The van der Waals surface area contributed by atoms with E-state index in [9.17, 15) is 9.18 Å². The molecule has 1 saturated heterocycles. The van der Waals surface area contributed by atoms with E-state index in [0.29, 0.717) is 23.5 Å². The summed E-state index contributed by atoms with van der Waals surface area (Å²) in [6, 6.07) is 6.42. The first-order valence-corrected chi connectivity index (χ1v) is 8.97. The Labute approximate surface area is 147 Å². The van der Waals surface area contributed by atoms with Gasteiger partial charge in [0.25, 0.3) is 5.91 Å². The van der Waals surface area contributed by atoms with Gasteiger partial charge in [-0.3, -0.25) is 4.79 Å². The van der Waals surface area contributed by atoms with Crippen molar-refractivity contribution in [3.63, 3.8) is 0 Å². The van der Waals surface area contributed by atoms with E-state index >= 15 is 0 Å². The average Bonchev–Trinajstić information content (AvgIpc) is 3.01. The number of aromatic nitrogens is 2. The number of halogens is 1. The van der Waals surface area contributed by atoms with Gasteiger partial charge in [-0.05, 0) is 58.0 Å². The highest BCUT2D eigenvalue weighted by molar-refractivity contribution is 5.95. The van der Waals surface area contributed by atoms with Crippen molar-refractivity contribution < 1.29 is 9.18 Å². The van der Waals surface area contributed by atoms with Gasteiger partial charge in [-0.2, -0.15) is 5.10 Å². The molecule has 1 aromatic heterocycles. The first kappa shape index (κ1) is 17.6. The van der Waals surface area contributed by atoms with E-state index in [2.05, 4.69) is 15.3 Å². The predicted octanol–water partition coefficient (Wildman–Crippen LogP) is 2.93. The van der Waals surface area contributed by atoms with Crippen molar-refractivity contribution in [2.75, 3.05) is 26.2 Å². The monoisotopic (exact) mass is 344 g/mol. The molecule has 1 aromatic carbocycles. The Morgan fingerprint density at radius 1 is 1.24 bits per heavy atom. The second kappa shape index (κ2) is 8.25. The molecule has 1 aliphatic rings. The Hall–Kier alpha value is -2.21. The van der Waals surface area contributed by atoms with Crippen molar-refractivity contribution in [2.45, 2.75) is 32.6 Å². The number of likely N-dealkylation sites (tertiary alicyclic amines) is 1. The molecule has 134 valence electrons. The summed E-state index contributed by atoms with van der Waals surface area (Å²) in [5.74, 6) is -0.513. The Bertz CT molecular complexity index is 722. The van der Waals surface area contributed by atoms with Crippen LogP contribution in [0.1, 0.15) is 41.7 Å². The number of benzene rings is 1. The van der Waals surface area contributed by atoms with Crippen LogP contribution in [-0.2, 0) is 0 Å². The highest BCUT2D eigenvalue weighted by Crippen LogP contribution is 2.17. The Morgan fingerprint density at radius 3 is 2.76 bits per heavy atom. The van der Waals surface area contributed by atoms with E-state index in [1.165, 1.54) is 49.3 Å². The number of nitrogens with zero attached hydrogens (tertiary/aromatic N) is 3. The third kappa shape index (κ3) is 4.25. The van der Waals surface area contributed by atoms with E-state index in [0.717, 1.165) is 13.0 Å². The molecule has 1 amide bonds. The minimum atomic E-state index is -0.359. The number of hydrogen-bond acceptors (Lipinski definition) is 3. The number of carbonyl (C=O) groups excluding carboxylic acids is 1. The second-order valence-electron chi connectivity index (χ2n) is 6.52. The van der Waals surface area contributed by atoms with Crippen LogP contribution in [0.2, 0.25) is 0 Å². The minimum absolute atomic E-state index is 0.154. The molecule has 3 rings (SSSR count). The van der Waals surface area contributed by atoms with Crippen molar-refractivity contribution in [3.05, 3.63) is 47.5 Å². The molecule has 0 radical (unpaired) electrons. The number of hydrogen-bond donors (Lipinski definition) is 1. The van der Waals surface area contributed by atoms with E-state index in [-0.39, 0.29) is 11.7 Å². The van der Waals surface area contributed by atoms with E-state index < -0.39 is 0 Å². The van der Waals surface area contributed by atoms with Gasteiger partial charge in [0.1, 0.15) is 11.5 Å². The van der Waals surface area contributed by atoms with Gasteiger partial charge in [0.05, 0.1) is 17.5 Å². The van der Waals surface area contributed by atoms with E-state index in [1.807, 2.05) is 0 Å². The zero-order chi connectivity index (χ0) is 17.6. The summed E-state index contributed by atoms with van der Waals surface area (Å²) < 4.78 is 15.4. The molecule has 1 N–H and O–H groups in total. The number of carbonyl (C=O) groups is 1. The summed E-state index contributed by atoms with van der Waals surface area (Å²) >= 11 is 0. The van der Waals surface area contributed by atoms with E-state index in [4.69, 9.17) is 0 Å². The molecule has 2 heterocycles. The molecular weight excluding hydrogens is 319 g/mol. The van der Waals surface area contributed by atoms with Crippen LogP contribution in [0.5, 0.6) is 0 Å². The summed E-state index contributed by atoms with van der Waals surface area (Å²) in [5, 5.41) is 7.12. The zero-order valence-corrected chi connectivity index (χ0v) is 14.7. The lowest BCUT2D eigenvalue weighted by atomic mass is 10.1. The second-order valence-corrected chi connectivity index (χ2v) is 6.52. The molecule has 0 unspecified atom stereocenters. The molecule has 0 bridgehead atoms. The van der Waals surface area contributed by atoms with Gasteiger partial charge in [-0.25, -0.2) is 9.07 Å². The quantitative estimate of drug-likeness (QED) is 0.820. The van der Waals surface area contributed by atoms with Crippen LogP contribution >= 0.6 is 0 Å². The molecular formula is C19H25FN4O. The van der Waals surface area contributed by atoms with Gasteiger partial charge in [0.15, 0.2) is 0 Å². The van der Waals surface area contributed by atoms with Crippen molar-refractivity contribution in [2.24, 2.45) is 0 Å². The largest absolute Gasteiger partial charge is 0.352 e. The fourth-order valence-corrected chi connectivity index (χ4v) is 3.28. The molecule has 0 saturated carbocycles. The SMILES string of the molecule is Cc1c(C(=O)NCCCN2CCCCC2)cnn1-c1ccccc1F. The van der Waals surface area contributed by atoms with Crippen LogP contribution in [-0.4, -0.2) is 46.8 Å². The summed E-state index contributed by atoms with van der Waals surface area (Å²) in [7, 11) is 0. The number of piperidine rings is 1. The standard InChI is InChI=1S/C19H25FN4O/c1-15-16(14-22-24(15)18-9-4-3-8-17(18)20)19(25)21-10-7-13-23-11-5-2-6-12-23/h3-4,8-9,14H,2,5-7,10-13H2,1H3,(H,21,25). The number of para-hydroxylation sites is 1. The van der Waals surface area contributed by atoms with Gasteiger partial charge in [-0.15, -0.1) is 0 Å². The Balaban J connectivity index is 1.55. The lowest BCUT2D eigenvalue weighted by molar-refractivity contribution is 0.0950. The first-order chi connectivity index (χ1) is 12.2. The molecule has 0 atom stereocenters. The van der Waals surface area contributed by atoms with Gasteiger partial charge in [0.2, 0.25) is 0 Å². The lowest BCUT2D eigenvalue weighted by Crippen LogP contribution is -2.33. The summed E-state index contributed by atoms with van der Waals surface area (Å²) in [6.07, 6.45) is 6.33. The van der Waals surface area contributed by atoms with Crippen LogP contribution in [0.15, 0.2) is 30.5 Å². The number of amides is 1. The third-order valence-electron chi connectivity index (χ3n) is 4.72. The fraction of sp³-hybridized carbons (Fsp3) is 0.474. The maximum atomic E-state index is 13.9. The van der Waals surface area contributed by atoms with Crippen molar-refractivity contribution in [1.29, 1.82) is 0 Å². The normalized spacial score (nSPS) is 15.3. The van der Waals surface area contributed by atoms with Crippen molar-refractivity contribution in [3.8, 4) is 5.69 Å². The summed E-state index contributed by atoms with van der Waals surface area (Å²) in [5.41, 5.74) is 1.48. The van der Waals surface area contributed by atoms with Gasteiger partial charge in [-0.1, -0.05) is 18.6 Å². The van der Waals surface area contributed by atoms with Crippen LogP contribution < -0.4 is 5.32 Å². The molecule has 1 fully saturated rings. The summed E-state index contributed by atoms with van der Waals surface area (Å²) in [6.45, 7) is 5.78. The predicted molar refractivity (Wildman–Crippen MR) is 95.5 cm³/mol. The van der Waals surface area contributed by atoms with Crippen molar-refractivity contribution >= 4 is 5.91 Å². The first-order valence-electron chi connectivity index (χ1n) is 8.97. The maximum absolute atomic E-state index is 13.9. The Kier molecular flexibility index (Phi) is 5.81. The van der Waals surface area contributed by atoms with Crippen LogP contribution in [0.4, 0.5) is 4.39 Å². The Morgan fingerprint density at radius 2 is 2.00 bits per heavy atom. The van der Waals surface area contributed by atoms with Gasteiger partial charge < -0.3 is 10.2 Å². The number of nitrogens with one attached hydrogen (secondary N) is 1. The smallest absolute Gasteiger partial charge is 0.254 e. The summed E-state index contributed by atoms with van der Waals surface area (Å²) in [4.78, 5) is 14.8. The molecule has 25 heavy (non-hydrogen) atoms. The van der Waals surface area contributed by atoms with Crippen molar-refractivity contribution in [1.82, 2.24) is 20.0 Å². The van der Waals surface area contributed by atoms with Gasteiger partial charge >= 0.3 is 0 Å². The maximum Gasteiger partial charge on any atom is 0.254 e.